The lowest BCUT2D eigenvalue weighted by atomic mass is 10.1. The Balaban J connectivity index is 2.03. The molecule has 0 aliphatic heterocycles. The van der Waals surface area contributed by atoms with Crippen molar-refractivity contribution in [3.05, 3.63) is 58.1 Å². The minimum Gasteiger partial charge on any atom is -0.394 e. The summed E-state index contributed by atoms with van der Waals surface area (Å²) in [6.45, 7) is 0.210. The second-order valence-electron chi connectivity index (χ2n) is 5.39. The van der Waals surface area contributed by atoms with Crippen molar-refractivity contribution in [1.82, 2.24) is 15.2 Å². The van der Waals surface area contributed by atoms with E-state index in [1.54, 1.807) is 32.3 Å². The van der Waals surface area contributed by atoms with Crippen LogP contribution in [0, 0.1) is 5.82 Å². The number of halogens is 2. The standard InChI is InChI=1S/C16H19ClFN3O2/c1-21(2)16(23)14-6-4-11(20-14)8-19-15(9-22)10-3-5-12(17)13(18)7-10/h3-7,15,19-20,22H,8-9H2,1-2H3. The number of nitrogens with zero attached hydrogens (tertiary/aromatic N) is 1. The highest BCUT2D eigenvalue weighted by Crippen LogP contribution is 2.20. The van der Waals surface area contributed by atoms with Gasteiger partial charge in [-0.1, -0.05) is 17.7 Å². The first-order valence-electron chi connectivity index (χ1n) is 7.11. The number of hydrogen-bond acceptors (Lipinski definition) is 3. The number of amides is 1. The number of carbonyl (C=O) groups excluding carboxylic acids is 1. The summed E-state index contributed by atoms with van der Waals surface area (Å²) in [4.78, 5) is 16.3. The molecule has 1 heterocycles. The molecule has 23 heavy (non-hydrogen) atoms. The molecule has 0 radical (unpaired) electrons. The summed E-state index contributed by atoms with van der Waals surface area (Å²) in [7, 11) is 3.36. The number of aromatic amines is 1. The number of H-pyrrole nitrogens is 1. The predicted octanol–water partition coefficient (Wildman–Crippen LogP) is 2.33. The molecule has 124 valence electrons. The quantitative estimate of drug-likeness (QED) is 0.756. The highest BCUT2D eigenvalue weighted by Gasteiger charge is 2.14. The van der Waals surface area contributed by atoms with Crippen molar-refractivity contribution < 1.29 is 14.3 Å². The van der Waals surface area contributed by atoms with Crippen molar-refractivity contribution >= 4 is 17.5 Å². The summed E-state index contributed by atoms with van der Waals surface area (Å²) in [5.74, 6) is -0.641. The Kier molecular flexibility index (Phi) is 5.76. The van der Waals surface area contributed by atoms with Gasteiger partial charge in [0.05, 0.1) is 17.7 Å². The van der Waals surface area contributed by atoms with Crippen LogP contribution in [0.1, 0.15) is 27.8 Å². The van der Waals surface area contributed by atoms with Gasteiger partial charge < -0.3 is 20.3 Å². The highest BCUT2D eigenvalue weighted by atomic mass is 35.5. The second-order valence-corrected chi connectivity index (χ2v) is 5.79. The van der Waals surface area contributed by atoms with Crippen LogP contribution in [-0.2, 0) is 6.54 Å². The number of rotatable bonds is 6. The summed E-state index contributed by atoms with van der Waals surface area (Å²) >= 11 is 5.66. The van der Waals surface area contributed by atoms with Crippen molar-refractivity contribution in [3.63, 3.8) is 0 Å². The van der Waals surface area contributed by atoms with Gasteiger partial charge in [-0.3, -0.25) is 4.79 Å². The van der Waals surface area contributed by atoms with Gasteiger partial charge in [0.15, 0.2) is 0 Å². The van der Waals surface area contributed by atoms with Gasteiger partial charge in [0.2, 0.25) is 0 Å². The number of aliphatic hydroxyl groups is 1. The van der Waals surface area contributed by atoms with E-state index in [4.69, 9.17) is 11.6 Å². The third kappa shape index (κ3) is 4.31. The summed E-state index contributed by atoms with van der Waals surface area (Å²) in [5.41, 5.74) is 1.89. The molecule has 7 heteroatoms. The Bertz CT molecular complexity index is 688. The van der Waals surface area contributed by atoms with Crippen molar-refractivity contribution in [1.29, 1.82) is 0 Å². The van der Waals surface area contributed by atoms with E-state index in [2.05, 4.69) is 10.3 Å². The van der Waals surface area contributed by atoms with Crippen molar-refractivity contribution in [2.75, 3.05) is 20.7 Å². The molecule has 2 rings (SSSR count). The molecule has 0 aliphatic rings. The monoisotopic (exact) mass is 339 g/mol. The molecular formula is C16H19ClFN3O2. The minimum atomic E-state index is -0.525. The van der Waals surface area contributed by atoms with Gasteiger partial charge in [0.1, 0.15) is 11.5 Å². The van der Waals surface area contributed by atoms with Crippen LogP contribution in [0.4, 0.5) is 4.39 Å². The van der Waals surface area contributed by atoms with Crippen LogP contribution < -0.4 is 5.32 Å². The van der Waals surface area contributed by atoms with Gasteiger partial charge in [-0.15, -0.1) is 0 Å². The Hall–Kier alpha value is -1.89. The van der Waals surface area contributed by atoms with Gasteiger partial charge in [0.25, 0.3) is 5.91 Å². The number of aliphatic hydroxyl groups excluding tert-OH is 1. The second kappa shape index (κ2) is 7.59. The van der Waals surface area contributed by atoms with Gasteiger partial charge in [-0.05, 0) is 29.8 Å². The first kappa shape index (κ1) is 17.5. The molecule has 1 atom stereocenters. The molecule has 0 aliphatic carbocycles. The van der Waals surface area contributed by atoms with Crippen LogP contribution in [0.5, 0.6) is 0 Å². The maximum atomic E-state index is 13.5. The molecule has 1 aromatic heterocycles. The number of benzene rings is 1. The molecule has 0 spiro atoms. The summed E-state index contributed by atoms with van der Waals surface area (Å²) in [6, 6.07) is 7.48. The van der Waals surface area contributed by atoms with E-state index in [1.807, 2.05) is 0 Å². The van der Waals surface area contributed by atoms with Gasteiger partial charge >= 0.3 is 0 Å². The molecule has 5 nitrogen and oxygen atoms in total. The zero-order valence-electron chi connectivity index (χ0n) is 12.9. The molecule has 0 fully saturated rings. The van der Waals surface area contributed by atoms with E-state index in [0.29, 0.717) is 17.8 Å². The molecule has 0 saturated heterocycles. The van der Waals surface area contributed by atoms with Crippen LogP contribution in [0.2, 0.25) is 5.02 Å². The lowest BCUT2D eigenvalue weighted by Crippen LogP contribution is -2.25. The lowest BCUT2D eigenvalue weighted by Gasteiger charge is -2.16. The Labute approximate surface area is 139 Å². The number of aromatic nitrogens is 1. The maximum absolute atomic E-state index is 13.5. The van der Waals surface area contributed by atoms with E-state index >= 15 is 0 Å². The fourth-order valence-corrected chi connectivity index (χ4v) is 2.28. The summed E-state index contributed by atoms with van der Waals surface area (Å²) in [6.07, 6.45) is 0. The normalized spacial score (nSPS) is 12.2. The molecule has 0 saturated carbocycles. The van der Waals surface area contributed by atoms with Crippen LogP contribution in [0.25, 0.3) is 0 Å². The summed E-state index contributed by atoms with van der Waals surface area (Å²) in [5, 5.41) is 12.7. The first-order chi connectivity index (χ1) is 10.9. The van der Waals surface area contributed by atoms with Crippen molar-refractivity contribution in [2.24, 2.45) is 0 Å². The van der Waals surface area contributed by atoms with Gasteiger partial charge in [-0.25, -0.2) is 4.39 Å². The lowest BCUT2D eigenvalue weighted by molar-refractivity contribution is 0.0822. The molecule has 1 amide bonds. The van der Waals surface area contributed by atoms with E-state index in [9.17, 15) is 14.3 Å². The number of nitrogens with one attached hydrogen (secondary N) is 2. The first-order valence-corrected chi connectivity index (χ1v) is 7.49. The molecule has 1 aromatic carbocycles. The molecule has 0 bridgehead atoms. The smallest absolute Gasteiger partial charge is 0.269 e. The molecular weight excluding hydrogens is 321 g/mol. The molecule has 1 unspecified atom stereocenters. The van der Waals surface area contributed by atoms with E-state index in [1.165, 1.54) is 17.0 Å². The average Bonchev–Trinajstić information content (AvgIpc) is 2.99. The average molecular weight is 340 g/mol. The topological polar surface area (TPSA) is 68.4 Å². The van der Waals surface area contributed by atoms with E-state index in [0.717, 1.165) is 5.69 Å². The van der Waals surface area contributed by atoms with Crippen molar-refractivity contribution in [3.8, 4) is 0 Å². The largest absolute Gasteiger partial charge is 0.394 e. The minimum absolute atomic E-state index is 0.0432. The fraction of sp³-hybridized carbons (Fsp3) is 0.312. The van der Waals surface area contributed by atoms with Crippen LogP contribution >= 0.6 is 11.6 Å². The van der Waals surface area contributed by atoms with Gasteiger partial charge in [-0.2, -0.15) is 0 Å². The van der Waals surface area contributed by atoms with E-state index < -0.39 is 11.9 Å². The number of hydrogen-bond donors (Lipinski definition) is 3. The third-order valence-electron chi connectivity index (χ3n) is 3.45. The van der Waals surface area contributed by atoms with Crippen LogP contribution in [0.15, 0.2) is 30.3 Å². The van der Waals surface area contributed by atoms with Gasteiger partial charge in [0, 0.05) is 26.3 Å². The maximum Gasteiger partial charge on any atom is 0.269 e. The highest BCUT2D eigenvalue weighted by molar-refractivity contribution is 6.30. The number of carbonyl (C=O) groups is 1. The molecule has 3 N–H and O–H groups in total. The Morgan fingerprint density at radius 3 is 2.74 bits per heavy atom. The SMILES string of the molecule is CN(C)C(=O)c1ccc(CNC(CO)c2ccc(Cl)c(F)c2)[nH]1. The predicted molar refractivity (Wildman–Crippen MR) is 86.9 cm³/mol. The van der Waals surface area contributed by atoms with E-state index in [-0.39, 0.29) is 17.5 Å². The summed E-state index contributed by atoms with van der Waals surface area (Å²) < 4.78 is 13.5. The zero-order valence-corrected chi connectivity index (χ0v) is 13.7. The third-order valence-corrected chi connectivity index (χ3v) is 3.76. The molecule has 2 aromatic rings. The fourth-order valence-electron chi connectivity index (χ4n) is 2.16. The Morgan fingerprint density at radius 2 is 2.13 bits per heavy atom. The Morgan fingerprint density at radius 1 is 1.39 bits per heavy atom. The zero-order chi connectivity index (χ0) is 17.0. The van der Waals surface area contributed by atoms with Crippen LogP contribution in [0.3, 0.4) is 0 Å². The van der Waals surface area contributed by atoms with Crippen molar-refractivity contribution in [2.45, 2.75) is 12.6 Å². The van der Waals surface area contributed by atoms with Crippen LogP contribution in [-0.4, -0.2) is 41.6 Å².